The number of aromatic nitrogens is 1. The number of carbonyl (C=O) groups is 3. The van der Waals surface area contributed by atoms with Crippen LogP contribution < -0.4 is 5.32 Å². The van der Waals surface area contributed by atoms with Gasteiger partial charge in [-0.1, -0.05) is 11.6 Å². The lowest BCUT2D eigenvalue weighted by Crippen LogP contribution is -2.37. The van der Waals surface area contributed by atoms with Crippen LogP contribution in [-0.4, -0.2) is 47.5 Å². The van der Waals surface area contributed by atoms with E-state index < -0.39 is 24.5 Å². The molecule has 1 aromatic rings. The van der Waals surface area contributed by atoms with Crippen molar-refractivity contribution in [1.29, 1.82) is 0 Å². The van der Waals surface area contributed by atoms with E-state index >= 15 is 0 Å². The van der Waals surface area contributed by atoms with E-state index in [4.69, 9.17) is 16.3 Å². The number of halogens is 1. The molecule has 0 spiro atoms. The standard InChI is InChI=1S/C11H10ClN3O4/c12-8-5-7(1-2-13-8)10(17)19-6-9(16)15-4-3-14-11(15)18/h1-2,5H,3-4,6H2,(H,14,18). The predicted octanol–water partition coefficient (Wildman–Crippen LogP) is 0.444. The molecule has 0 bridgehead atoms. The molecule has 0 atom stereocenters. The van der Waals surface area contributed by atoms with Crippen LogP contribution >= 0.6 is 11.6 Å². The highest BCUT2D eigenvalue weighted by Gasteiger charge is 2.26. The maximum atomic E-state index is 11.6. The van der Waals surface area contributed by atoms with Gasteiger partial charge in [0.15, 0.2) is 6.61 Å². The minimum Gasteiger partial charge on any atom is -0.452 e. The molecule has 0 aliphatic carbocycles. The zero-order valence-electron chi connectivity index (χ0n) is 9.76. The molecule has 2 heterocycles. The molecule has 1 N–H and O–H groups in total. The van der Waals surface area contributed by atoms with Crippen molar-refractivity contribution in [2.45, 2.75) is 0 Å². The van der Waals surface area contributed by atoms with Gasteiger partial charge >= 0.3 is 12.0 Å². The Labute approximate surface area is 113 Å². The second-order valence-electron chi connectivity index (χ2n) is 3.72. The summed E-state index contributed by atoms with van der Waals surface area (Å²) in [5, 5.41) is 2.63. The number of pyridine rings is 1. The van der Waals surface area contributed by atoms with Crippen LogP contribution in [0.1, 0.15) is 10.4 Å². The summed E-state index contributed by atoms with van der Waals surface area (Å²) >= 11 is 5.63. The Morgan fingerprint density at radius 3 is 2.95 bits per heavy atom. The number of carbonyl (C=O) groups excluding carboxylic acids is 3. The number of hydrogen-bond acceptors (Lipinski definition) is 5. The quantitative estimate of drug-likeness (QED) is 0.642. The molecule has 7 nitrogen and oxygen atoms in total. The summed E-state index contributed by atoms with van der Waals surface area (Å²) in [6.45, 7) is 0.182. The topological polar surface area (TPSA) is 88.6 Å². The molecule has 1 aromatic heterocycles. The molecular weight excluding hydrogens is 274 g/mol. The molecule has 8 heteroatoms. The fraction of sp³-hybridized carbons (Fsp3) is 0.273. The smallest absolute Gasteiger partial charge is 0.338 e. The van der Waals surface area contributed by atoms with E-state index in [2.05, 4.69) is 10.3 Å². The molecule has 100 valence electrons. The molecule has 3 amide bonds. The highest BCUT2D eigenvalue weighted by Crippen LogP contribution is 2.08. The van der Waals surface area contributed by atoms with E-state index in [0.29, 0.717) is 6.54 Å². The van der Waals surface area contributed by atoms with Gasteiger partial charge < -0.3 is 10.1 Å². The monoisotopic (exact) mass is 283 g/mol. The zero-order chi connectivity index (χ0) is 13.8. The molecular formula is C11H10ClN3O4. The molecule has 1 aliphatic heterocycles. The van der Waals surface area contributed by atoms with Crippen LogP contribution in [0.5, 0.6) is 0 Å². The van der Waals surface area contributed by atoms with Crippen molar-refractivity contribution in [3.63, 3.8) is 0 Å². The molecule has 0 radical (unpaired) electrons. The summed E-state index contributed by atoms with van der Waals surface area (Å²) < 4.78 is 4.81. The first-order valence-electron chi connectivity index (χ1n) is 5.45. The molecule has 1 fully saturated rings. The Bertz CT molecular complexity index is 534. The number of nitrogens with zero attached hydrogens (tertiary/aromatic N) is 2. The number of esters is 1. The summed E-state index contributed by atoms with van der Waals surface area (Å²) in [6.07, 6.45) is 1.36. The van der Waals surface area contributed by atoms with Gasteiger partial charge in [-0.15, -0.1) is 0 Å². The van der Waals surface area contributed by atoms with E-state index in [0.717, 1.165) is 4.90 Å². The largest absolute Gasteiger partial charge is 0.452 e. The summed E-state index contributed by atoms with van der Waals surface area (Å²) in [7, 11) is 0. The Morgan fingerprint density at radius 1 is 1.53 bits per heavy atom. The Balaban J connectivity index is 1.90. The third kappa shape index (κ3) is 3.19. The van der Waals surface area contributed by atoms with Crippen LogP contribution in [0.3, 0.4) is 0 Å². The van der Waals surface area contributed by atoms with Gasteiger partial charge in [-0.25, -0.2) is 14.6 Å². The number of rotatable bonds is 3. The third-order valence-electron chi connectivity index (χ3n) is 2.45. The number of urea groups is 1. The van der Waals surface area contributed by atoms with Crippen molar-refractivity contribution in [1.82, 2.24) is 15.2 Å². The maximum absolute atomic E-state index is 11.6. The lowest BCUT2D eigenvalue weighted by Gasteiger charge is -2.12. The lowest BCUT2D eigenvalue weighted by atomic mass is 10.3. The van der Waals surface area contributed by atoms with Crippen LogP contribution in [0.15, 0.2) is 18.3 Å². The number of nitrogens with one attached hydrogen (secondary N) is 1. The van der Waals surface area contributed by atoms with Gasteiger partial charge in [0.2, 0.25) is 0 Å². The number of hydrogen-bond donors (Lipinski definition) is 1. The molecule has 0 saturated carbocycles. The Kier molecular flexibility index (Phi) is 3.96. The summed E-state index contributed by atoms with van der Waals surface area (Å²) in [4.78, 5) is 39.1. The molecule has 0 unspecified atom stereocenters. The summed E-state index contributed by atoms with van der Waals surface area (Å²) in [6, 6.07) is 2.27. The molecule has 1 aliphatic rings. The second kappa shape index (κ2) is 5.66. The first-order valence-corrected chi connectivity index (χ1v) is 5.82. The average molecular weight is 284 g/mol. The highest BCUT2D eigenvalue weighted by atomic mass is 35.5. The van der Waals surface area contributed by atoms with E-state index in [1.54, 1.807) is 0 Å². The van der Waals surface area contributed by atoms with Gasteiger partial charge in [-0.3, -0.25) is 9.69 Å². The maximum Gasteiger partial charge on any atom is 0.338 e. The highest BCUT2D eigenvalue weighted by molar-refractivity contribution is 6.29. The van der Waals surface area contributed by atoms with Crippen LogP contribution in [0, 0.1) is 0 Å². The van der Waals surface area contributed by atoms with Gasteiger partial charge in [-0.2, -0.15) is 0 Å². The van der Waals surface area contributed by atoms with Crippen LogP contribution in [0.4, 0.5) is 4.79 Å². The van der Waals surface area contributed by atoms with Crippen molar-refractivity contribution in [2.24, 2.45) is 0 Å². The van der Waals surface area contributed by atoms with Crippen LogP contribution in [0.2, 0.25) is 5.15 Å². The lowest BCUT2D eigenvalue weighted by molar-refractivity contribution is -0.130. The fourth-order valence-electron chi connectivity index (χ4n) is 1.53. The minimum absolute atomic E-state index is 0.152. The van der Waals surface area contributed by atoms with E-state index in [9.17, 15) is 14.4 Å². The molecule has 2 rings (SSSR count). The summed E-state index contributed by atoms with van der Waals surface area (Å²) in [5.74, 6) is -1.26. The summed E-state index contributed by atoms with van der Waals surface area (Å²) in [5.41, 5.74) is 0.193. The van der Waals surface area contributed by atoms with Crippen molar-refractivity contribution in [2.75, 3.05) is 19.7 Å². The third-order valence-corrected chi connectivity index (χ3v) is 2.65. The molecule has 19 heavy (non-hydrogen) atoms. The van der Waals surface area contributed by atoms with Gasteiger partial charge in [0.1, 0.15) is 5.15 Å². The van der Waals surface area contributed by atoms with Crippen molar-refractivity contribution in [3.8, 4) is 0 Å². The fourth-order valence-corrected chi connectivity index (χ4v) is 1.70. The average Bonchev–Trinajstić information content (AvgIpc) is 2.82. The zero-order valence-corrected chi connectivity index (χ0v) is 10.5. The van der Waals surface area contributed by atoms with Gasteiger partial charge in [0.05, 0.1) is 5.56 Å². The van der Waals surface area contributed by atoms with Gasteiger partial charge in [-0.05, 0) is 12.1 Å². The van der Waals surface area contributed by atoms with Crippen molar-refractivity contribution in [3.05, 3.63) is 29.0 Å². The van der Waals surface area contributed by atoms with Crippen molar-refractivity contribution < 1.29 is 19.1 Å². The van der Waals surface area contributed by atoms with E-state index in [1.807, 2.05) is 0 Å². The van der Waals surface area contributed by atoms with E-state index in [1.165, 1.54) is 18.3 Å². The number of amides is 3. The number of imide groups is 1. The SMILES string of the molecule is O=C(OCC(=O)N1CCNC1=O)c1ccnc(Cl)c1. The van der Waals surface area contributed by atoms with Gasteiger partial charge in [0, 0.05) is 19.3 Å². The van der Waals surface area contributed by atoms with Crippen LogP contribution in [-0.2, 0) is 9.53 Å². The Morgan fingerprint density at radius 2 is 2.32 bits per heavy atom. The second-order valence-corrected chi connectivity index (χ2v) is 4.11. The van der Waals surface area contributed by atoms with Gasteiger partial charge in [0.25, 0.3) is 5.91 Å². The number of ether oxygens (including phenoxy) is 1. The molecule has 0 aromatic carbocycles. The molecule has 1 saturated heterocycles. The first-order chi connectivity index (χ1) is 9.08. The van der Waals surface area contributed by atoms with Crippen LogP contribution in [0.25, 0.3) is 0 Å². The minimum atomic E-state index is -0.697. The predicted molar refractivity (Wildman–Crippen MR) is 64.6 cm³/mol. The first kappa shape index (κ1) is 13.3. The normalized spacial score (nSPS) is 14.2. The van der Waals surface area contributed by atoms with Crippen molar-refractivity contribution >= 4 is 29.5 Å². The Hall–Kier alpha value is -2.15. The van der Waals surface area contributed by atoms with E-state index in [-0.39, 0.29) is 17.3 Å².